The molecule has 0 heterocycles. The molecule has 0 radical (unpaired) electrons. The lowest BCUT2D eigenvalue weighted by Gasteiger charge is -2.15. The smallest absolute Gasteiger partial charge is 0.463 e. The van der Waals surface area contributed by atoms with E-state index in [4.69, 9.17) is 13.8 Å². The maximum atomic E-state index is 12.1. The van der Waals surface area contributed by atoms with E-state index in [-0.39, 0.29) is 25.7 Å². The molecule has 0 aromatic rings. The van der Waals surface area contributed by atoms with Crippen LogP contribution in [0.15, 0.2) is 0 Å². The van der Waals surface area contributed by atoms with Crippen molar-refractivity contribution in [2.75, 3.05) is 26.4 Å². The van der Waals surface area contributed by atoms with Crippen LogP contribution in [0.1, 0.15) is 264 Å². The van der Waals surface area contributed by atoms with E-state index in [9.17, 15) is 24.2 Å². The molecule has 0 saturated heterocycles. The number of amides is 1. The maximum absolute atomic E-state index is 12.1. The summed E-state index contributed by atoms with van der Waals surface area (Å²) in [6.07, 6.45) is 47.5. The Morgan fingerprint density at radius 2 is 0.776 bits per heavy atom. The SMILES string of the molecule is CCCCCCCCCCCCCCCCCCCCCCC(=O)OCC(O)COP(=O)(O)OCCNC(=O)CCCCCCCCCCCCCCCCCCC. The number of aliphatic hydroxyl groups excluding tert-OH is 1. The van der Waals surface area contributed by atoms with Crippen LogP contribution in [0.5, 0.6) is 0 Å². The van der Waals surface area contributed by atoms with E-state index in [0.29, 0.717) is 12.8 Å². The Morgan fingerprint density at radius 1 is 0.466 bits per heavy atom. The molecule has 0 aliphatic carbocycles. The number of esters is 1. The Kier molecular flexibility index (Phi) is 44.8. The van der Waals surface area contributed by atoms with Crippen LogP contribution in [0.4, 0.5) is 0 Å². The molecule has 0 spiro atoms. The first-order chi connectivity index (χ1) is 28.3. The summed E-state index contributed by atoms with van der Waals surface area (Å²) < 4.78 is 27.0. The average molecular weight is 846 g/mol. The van der Waals surface area contributed by atoms with E-state index in [0.717, 1.165) is 38.5 Å². The van der Waals surface area contributed by atoms with Gasteiger partial charge in [-0.1, -0.05) is 239 Å². The lowest BCUT2D eigenvalue weighted by Crippen LogP contribution is -2.27. The van der Waals surface area contributed by atoms with Gasteiger partial charge in [0, 0.05) is 19.4 Å². The summed E-state index contributed by atoms with van der Waals surface area (Å²) in [5.41, 5.74) is 0. The number of unbranched alkanes of at least 4 members (excludes halogenated alkanes) is 35. The third-order valence-corrected chi connectivity index (χ3v) is 12.3. The first-order valence-electron chi connectivity index (χ1n) is 25.0. The Balaban J connectivity index is 3.51. The van der Waals surface area contributed by atoms with Gasteiger partial charge in [-0.05, 0) is 12.8 Å². The molecule has 3 N–H and O–H groups in total. The van der Waals surface area contributed by atoms with Gasteiger partial charge in [0.2, 0.25) is 5.91 Å². The van der Waals surface area contributed by atoms with E-state index in [1.165, 1.54) is 199 Å². The number of hydrogen-bond donors (Lipinski definition) is 3. The van der Waals surface area contributed by atoms with Crippen LogP contribution in [-0.4, -0.2) is 54.3 Å². The normalized spacial score (nSPS) is 13.1. The van der Waals surface area contributed by atoms with Gasteiger partial charge in [-0.15, -0.1) is 0 Å². The Hall–Kier alpha value is -0.990. The zero-order valence-corrected chi connectivity index (χ0v) is 39.2. The summed E-state index contributed by atoms with van der Waals surface area (Å²) in [5, 5.41) is 12.7. The van der Waals surface area contributed by atoms with Crippen LogP contribution in [-0.2, 0) is 27.9 Å². The number of ether oxygens (including phenoxy) is 1. The molecular formula is C48H96NO8P. The minimum absolute atomic E-state index is 0.0887. The lowest BCUT2D eigenvalue weighted by atomic mass is 10.0. The second kappa shape index (κ2) is 45.5. The number of carbonyl (C=O) groups excluding carboxylic acids is 2. The number of rotatable bonds is 48. The number of phosphoric acid groups is 1. The summed E-state index contributed by atoms with van der Waals surface area (Å²) >= 11 is 0. The third kappa shape index (κ3) is 46.1. The summed E-state index contributed by atoms with van der Waals surface area (Å²) in [5.74, 6) is -0.499. The van der Waals surface area contributed by atoms with Gasteiger partial charge in [-0.25, -0.2) is 4.57 Å². The maximum Gasteiger partial charge on any atom is 0.472 e. The minimum Gasteiger partial charge on any atom is -0.463 e. The van der Waals surface area contributed by atoms with Crippen molar-refractivity contribution < 1.29 is 37.9 Å². The van der Waals surface area contributed by atoms with Crippen LogP contribution in [0.3, 0.4) is 0 Å². The monoisotopic (exact) mass is 846 g/mol. The predicted molar refractivity (Wildman–Crippen MR) is 243 cm³/mol. The number of nitrogens with one attached hydrogen (secondary N) is 1. The van der Waals surface area contributed by atoms with Crippen molar-refractivity contribution in [1.29, 1.82) is 0 Å². The van der Waals surface area contributed by atoms with Gasteiger partial charge in [-0.3, -0.25) is 18.6 Å². The molecule has 0 aliphatic heterocycles. The molecule has 0 rings (SSSR count). The van der Waals surface area contributed by atoms with Crippen molar-refractivity contribution in [2.45, 2.75) is 270 Å². The first-order valence-corrected chi connectivity index (χ1v) is 26.5. The lowest BCUT2D eigenvalue weighted by molar-refractivity contribution is -0.147. The van der Waals surface area contributed by atoms with Crippen LogP contribution < -0.4 is 5.32 Å². The highest BCUT2D eigenvalue weighted by molar-refractivity contribution is 7.47. The highest BCUT2D eigenvalue weighted by Crippen LogP contribution is 2.42. The van der Waals surface area contributed by atoms with E-state index in [1.807, 2.05) is 0 Å². The summed E-state index contributed by atoms with van der Waals surface area (Å²) in [6.45, 7) is 3.62. The van der Waals surface area contributed by atoms with Crippen molar-refractivity contribution in [2.24, 2.45) is 0 Å². The van der Waals surface area contributed by atoms with Crippen LogP contribution in [0.2, 0.25) is 0 Å². The Bertz CT molecular complexity index is 922. The fraction of sp³-hybridized carbons (Fsp3) is 0.958. The molecular weight excluding hydrogens is 750 g/mol. The number of aliphatic hydroxyl groups is 1. The molecule has 58 heavy (non-hydrogen) atoms. The van der Waals surface area contributed by atoms with Crippen LogP contribution in [0, 0.1) is 0 Å². The Morgan fingerprint density at radius 3 is 1.12 bits per heavy atom. The standard InChI is InChI=1S/C48H96NO8P/c1-3-5-7-9-11-13-15-17-19-21-22-23-25-27-29-31-33-35-37-39-41-48(52)55-44-46(50)45-57-58(53,54)56-43-42-49-47(51)40-38-36-34-32-30-28-26-24-20-18-16-14-12-10-8-6-4-2/h46,50H,3-45H2,1-2H3,(H,49,51)(H,53,54). The van der Waals surface area contributed by atoms with Crippen LogP contribution in [0.25, 0.3) is 0 Å². The van der Waals surface area contributed by atoms with Crippen molar-refractivity contribution in [3.05, 3.63) is 0 Å². The molecule has 9 nitrogen and oxygen atoms in total. The van der Waals surface area contributed by atoms with Gasteiger partial charge in [0.05, 0.1) is 13.2 Å². The topological polar surface area (TPSA) is 131 Å². The second-order valence-electron chi connectivity index (χ2n) is 17.2. The average Bonchev–Trinajstić information content (AvgIpc) is 3.21. The molecule has 1 amide bonds. The van der Waals surface area contributed by atoms with Gasteiger partial charge < -0.3 is 20.1 Å². The zero-order chi connectivity index (χ0) is 42.5. The largest absolute Gasteiger partial charge is 0.472 e. The molecule has 0 fully saturated rings. The van der Waals surface area contributed by atoms with E-state index >= 15 is 0 Å². The number of carbonyl (C=O) groups is 2. The van der Waals surface area contributed by atoms with Gasteiger partial charge >= 0.3 is 13.8 Å². The van der Waals surface area contributed by atoms with Gasteiger partial charge in [0.15, 0.2) is 0 Å². The van der Waals surface area contributed by atoms with Gasteiger partial charge in [0.1, 0.15) is 12.7 Å². The molecule has 0 aromatic carbocycles. The fourth-order valence-electron chi connectivity index (χ4n) is 7.50. The van der Waals surface area contributed by atoms with Crippen molar-refractivity contribution in [3.8, 4) is 0 Å². The molecule has 2 unspecified atom stereocenters. The molecule has 0 bridgehead atoms. The van der Waals surface area contributed by atoms with Gasteiger partial charge in [-0.2, -0.15) is 0 Å². The van der Waals surface area contributed by atoms with Crippen molar-refractivity contribution in [1.82, 2.24) is 5.32 Å². The van der Waals surface area contributed by atoms with Crippen molar-refractivity contribution in [3.63, 3.8) is 0 Å². The second-order valence-corrected chi connectivity index (χ2v) is 18.6. The molecule has 10 heteroatoms. The zero-order valence-electron chi connectivity index (χ0n) is 38.3. The Labute approximate surface area is 358 Å². The molecule has 0 aliphatic rings. The van der Waals surface area contributed by atoms with Crippen molar-refractivity contribution >= 4 is 19.7 Å². The summed E-state index contributed by atoms with van der Waals surface area (Å²) in [7, 11) is -4.41. The summed E-state index contributed by atoms with van der Waals surface area (Å²) in [6, 6.07) is 0. The molecule has 0 saturated carbocycles. The highest BCUT2D eigenvalue weighted by Gasteiger charge is 2.23. The molecule has 346 valence electrons. The van der Waals surface area contributed by atoms with E-state index < -0.39 is 26.5 Å². The molecule has 0 aromatic heterocycles. The molecule has 2 atom stereocenters. The first kappa shape index (κ1) is 57.0. The fourth-order valence-corrected chi connectivity index (χ4v) is 8.26. The highest BCUT2D eigenvalue weighted by atomic mass is 31.2. The van der Waals surface area contributed by atoms with E-state index in [1.54, 1.807) is 0 Å². The quantitative estimate of drug-likeness (QED) is 0.0313. The van der Waals surface area contributed by atoms with E-state index in [2.05, 4.69) is 19.2 Å². The van der Waals surface area contributed by atoms with Crippen LogP contribution >= 0.6 is 7.82 Å². The third-order valence-electron chi connectivity index (χ3n) is 11.3. The minimum atomic E-state index is -4.41. The number of hydrogen-bond acceptors (Lipinski definition) is 7. The van der Waals surface area contributed by atoms with Gasteiger partial charge in [0.25, 0.3) is 0 Å². The predicted octanol–water partition coefficient (Wildman–Crippen LogP) is 14.4. The number of phosphoric ester groups is 1. The summed E-state index contributed by atoms with van der Waals surface area (Å²) in [4.78, 5) is 34.0.